The molecule has 1 fully saturated rings. The molecule has 0 aromatic rings. The smallest absolute Gasteiger partial charge is 0.234 e. The van der Waals surface area contributed by atoms with Gasteiger partial charge in [0.2, 0.25) is 5.91 Å². The van der Waals surface area contributed by atoms with Crippen LogP contribution in [0.25, 0.3) is 0 Å². The summed E-state index contributed by atoms with van der Waals surface area (Å²) in [4.78, 5) is 14.2. The van der Waals surface area contributed by atoms with Crippen LogP contribution in [0.1, 0.15) is 32.6 Å². The number of nitrogens with zero attached hydrogens (tertiary/aromatic N) is 1. The van der Waals surface area contributed by atoms with Gasteiger partial charge in [-0.25, -0.2) is 0 Å². The van der Waals surface area contributed by atoms with E-state index in [-0.39, 0.29) is 5.91 Å². The van der Waals surface area contributed by atoms with Crippen LogP contribution in [0, 0.1) is 5.92 Å². The maximum Gasteiger partial charge on any atom is 0.234 e. The van der Waals surface area contributed by atoms with Crippen molar-refractivity contribution >= 4 is 5.91 Å². The zero-order valence-electron chi connectivity index (χ0n) is 12.4. The topological polar surface area (TPSA) is 67.6 Å². The molecule has 3 N–H and O–H groups in total. The van der Waals surface area contributed by atoms with E-state index >= 15 is 0 Å². The molecule has 5 nitrogen and oxygen atoms in total. The molecule has 0 bridgehead atoms. The average molecular weight is 271 g/mol. The van der Waals surface area contributed by atoms with E-state index in [1.807, 2.05) is 0 Å². The monoisotopic (exact) mass is 271 g/mol. The van der Waals surface area contributed by atoms with Crippen LogP contribution in [-0.4, -0.2) is 56.7 Å². The highest BCUT2D eigenvalue weighted by Gasteiger charge is 2.29. The first-order valence-electron chi connectivity index (χ1n) is 7.42. The summed E-state index contributed by atoms with van der Waals surface area (Å²) in [6.45, 7) is 5.36. The fraction of sp³-hybridized carbons (Fsp3) is 0.929. The van der Waals surface area contributed by atoms with Gasteiger partial charge in [0.1, 0.15) is 0 Å². The number of rotatable bonds is 8. The molecule has 0 aliphatic heterocycles. The van der Waals surface area contributed by atoms with Gasteiger partial charge in [-0.05, 0) is 31.8 Å². The minimum Gasteiger partial charge on any atom is -0.383 e. The molecule has 0 spiro atoms. The van der Waals surface area contributed by atoms with Gasteiger partial charge in [-0.15, -0.1) is 0 Å². The van der Waals surface area contributed by atoms with E-state index in [2.05, 4.69) is 17.1 Å². The van der Waals surface area contributed by atoms with E-state index in [4.69, 9.17) is 10.5 Å². The van der Waals surface area contributed by atoms with Gasteiger partial charge in [-0.3, -0.25) is 9.69 Å². The second-order valence-electron chi connectivity index (χ2n) is 5.25. The molecular weight excluding hydrogens is 242 g/mol. The number of likely N-dealkylation sites (N-methyl/N-ethyl adjacent to an activating group) is 1. The molecule has 0 aromatic carbocycles. The Hall–Kier alpha value is -0.650. The van der Waals surface area contributed by atoms with Gasteiger partial charge < -0.3 is 15.8 Å². The second kappa shape index (κ2) is 9.28. The Labute approximate surface area is 116 Å². The van der Waals surface area contributed by atoms with Crippen LogP contribution in [0.5, 0.6) is 0 Å². The van der Waals surface area contributed by atoms with E-state index in [9.17, 15) is 4.79 Å². The predicted octanol–water partition coefficient (Wildman–Crippen LogP) is 0.588. The summed E-state index contributed by atoms with van der Waals surface area (Å²) >= 11 is 0. The van der Waals surface area contributed by atoms with E-state index in [1.165, 1.54) is 25.7 Å². The third-order valence-corrected chi connectivity index (χ3v) is 4.02. The van der Waals surface area contributed by atoms with Crippen LogP contribution < -0.4 is 11.1 Å². The van der Waals surface area contributed by atoms with Gasteiger partial charge >= 0.3 is 0 Å². The minimum absolute atomic E-state index is 0.0836. The first-order chi connectivity index (χ1) is 9.22. The summed E-state index contributed by atoms with van der Waals surface area (Å²) < 4.78 is 4.93. The zero-order chi connectivity index (χ0) is 14.1. The first-order valence-corrected chi connectivity index (χ1v) is 7.42. The zero-order valence-corrected chi connectivity index (χ0v) is 12.4. The maximum absolute atomic E-state index is 11.9. The van der Waals surface area contributed by atoms with Gasteiger partial charge in [0.15, 0.2) is 0 Å². The number of amides is 1. The van der Waals surface area contributed by atoms with E-state index in [0.29, 0.717) is 31.7 Å². The highest BCUT2D eigenvalue weighted by atomic mass is 16.5. The molecule has 2 atom stereocenters. The van der Waals surface area contributed by atoms with Crippen LogP contribution in [0.4, 0.5) is 0 Å². The molecule has 0 saturated heterocycles. The van der Waals surface area contributed by atoms with Crippen molar-refractivity contribution in [3.63, 3.8) is 0 Å². The van der Waals surface area contributed by atoms with Crippen LogP contribution >= 0.6 is 0 Å². The third-order valence-electron chi connectivity index (χ3n) is 4.02. The molecule has 112 valence electrons. The van der Waals surface area contributed by atoms with Crippen molar-refractivity contribution in [2.45, 2.75) is 38.6 Å². The standard InChI is InChI=1S/C14H29N3O2/c1-3-17(11-14(18)16-8-9-19-2)13-7-5-4-6-12(13)10-15/h12-13H,3-11,15H2,1-2H3,(H,16,18). The Morgan fingerprint density at radius 3 is 2.79 bits per heavy atom. The molecule has 0 heterocycles. The molecule has 1 saturated carbocycles. The Kier molecular flexibility index (Phi) is 8.02. The average Bonchev–Trinajstić information content (AvgIpc) is 2.45. The Morgan fingerprint density at radius 1 is 1.42 bits per heavy atom. The molecule has 1 aliphatic rings. The van der Waals surface area contributed by atoms with E-state index in [1.54, 1.807) is 7.11 Å². The number of nitrogens with one attached hydrogen (secondary N) is 1. The van der Waals surface area contributed by atoms with Crippen molar-refractivity contribution in [1.82, 2.24) is 10.2 Å². The van der Waals surface area contributed by atoms with Crippen molar-refractivity contribution in [1.29, 1.82) is 0 Å². The van der Waals surface area contributed by atoms with Gasteiger partial charge in [0.05, 0.1) is 13.2 Å². The summed E-state index contributed by atoms with van der Waals surface area (Å²) in [5.74, 6) is 0.626. The molecule has 1 aliphatic carbocycles. The highest BCUT2D eigenvalue weighted by molar-refractivity contribution is 5.78. The SMILES string of the molecule is CCN(CC(=O)NCCOC)C1CCCCC1CN. The lowest BCUT2D eigenvalue weighted by Crippen LogP contribution is -2.49. The molecule has 5 heteroatoms. The first kappa shape index (κ1) is 16.4. The number of nitrogens with two attached hydrogens (primary N) is 1. The van der Waals surface area contributed by atoms with Gasteiger partial charge in [0, 0.05) is 19.7 Å². The molecule has 0 aromatic heterocycles. The van der Waals surface area contributed by atoms with Gasteiger partial charge in [-0.2, -0.15) is 0 Å². The summed E-state index contributed by atoms with van der Waals surface area (Å²) in [5, 5.41) is 2.88. The van der Waals surface area contributed by atoms with Crippen LogP contribution in [-0.2, 0) is 9.53 Å². The highest BCUT2D eigenvalue weighted by Crippen LogP contribution is 2.27. The molecule has 1 rings (SSSR count). The minimum atomic E-state index is 0.0836. The summed E-state index contributed by atoms with van der Waals surface area (Å²) in [6, 6.07) is 0.469. The quantitative estimate of drug-likeness (QED) is 0.634. The van der Waals surface area contributed by atoms with Crippen LogP contribution in [0.2, 0.25) is 0 Å². The molecule has 19 heavy (non-hydrogen) atoms. The number of carbonyl (C=O) groups is 1. The number of carbonyl (C=O) groups excluding carboxylic acids is 1. The normalized spacial score (nSPS) is 23.6. The molecule has 1 amide bonds. The van der Waals surface area contributed by atoms with Gasteiger partial charge in [0.25, 0.3) is 0 Å². The van der Waals surface area contributed by atoms with Crippen molar-refractivity contribution < 1.29 is 9.53 Å². The second-order valence-corrected chi connectivity index (χ2v) is 5.25. The van der Waals surface area contributed by atoms with Crippen molar-refractivity contribution in [3.05, 3.63) is 0 Å². The Morgan fingerprint density at radius 2 is 2.16 bits per heavy atom. The van der Waals surface area contributed by atoms with Crippen molar-refractivity contribution in [2.24, 2.45) is 11.7 Å². The lowest BCUT2D eigenvalue weighted by molar-refractivity contribution is -0.123. The van der Waals surface area contributed by atoms with Crippen LogP contribution in [0.3, 0.4) is 0 Å². The summed E-state index contributed by atoms with van der Waals surface area (Å²) in [6.07, 6.45) is 4.89. The predicted molar refractivity (Wildman–Crippen MR) is 76.9 cm³/mol. The summed E-state index contributed by atoms with van der Waals surface area (Å²) in [7, 11) is 1.64. The molecular formula is C14H29N3O2. The Balaban J connectivity index is 2.44. The number of hydrogen-bond acceptors (Lipinski definition) is 4. The van der Waals surface area contributed by atoms with Gasteiger partial charge in [-0.1, -0.05) is 19.8 Å². The fourth-order valence-electron chi connectivity index (χ4n) is 2.94. The number of ether oxygens (including phenoxy) is 1. The molecule has 0 radical (unpaired) electrons. The molecule has 2 unspecified atom stereocenters. The van der Waals surface area contributed by atoms with Crippen molar-refractivity contribution in [2.75, 3.05) is 39.9 Å². The third kappa shape index (κ3) is 5.47. The summed E-state index contributed by atoms with van der Waals surface area (Å²) in [5.41, 5.74) is 5.87. The number of hydrogen-bond donors (Lipinski definition) is 2. The lowest BCUT2D eigenvalue weighted by Gasteiger charge is -2.38. The van der Waals surface area contributed by atoms with Crippen LogP contribution in [0.15, 0.2) is 0 Å². The fourth-order valence-corrected chi connectivity index (χ4v) is 2.94. The lowest BCUT2D eigenvalue weighted by atomic mass is 9.83. The van der Waals surface area contributed by atoms with Crippen molar-refractivity contribution in [3.8, 4) is 0 Å². The van der Waals surface area contributed by atoms with E-state index in [0.717, 1.165) is 13.1 Å². The number of methoxy groups -OCH3 is 1. The van der Waals surface area contributed by atoms with E-state index < -0.39 is 0 Å². The largest absolute Gasteiger partial charge is 0.383 e. The maximum atomic E-state index is 11.9. The Bertz CT molecular complexity index is 261.